The molecule has 9 heteroatoms. The maximum absolute atomic E-state index is 13.4. The van der Waals surface area contributed by atoms with E-state index in [0.29, 0.717) is 12.1 Å². The lowest BCUT2D eigenvalue weighted by molar-refractivity contribution is -0.276. The van der Waals surface area contributed by atoms with Crippen molar-refractivity contribution in [1.82, 2.24) is 5.32 Å². The van der Waals surface area contributed by atoms with Crippen molar-refractivity contribution >= 4 is 6.09 Å². The van der Waals surface area contributed by atoms with Gasteiger partial charge >= 0.3 is 12.5 Å². The number of ether oxygens (including phenoxy) is 2. The summed E-state index contributed by atoms with van der Waals surface area (Å²) in [5, 5.41) is 2.22. The minimum absolute atomic E-state index is 0.0876. The van der Waals surface area contributed by atoms with Crippen molar-refractivity contribution in [3.8, 4) is 5.75 Å². The largest absolute Gasteiger partial charge is 0.573 e. The summed E-state index contributed by atoms with van der Waals surface area (Å²) < 4.78 is 71.0. The van der Waals surface area contributed by atoms with Crippen LogP contribution in [0, 0.1) is 11.6 Å². The van der Waals surface area contributed by atoms with Crippen LogP contribution >= 0.6 is 0 Å². The van der Waals surface area contributed by atoms with E-state index in [1.54, 1.807) is 20.8 Å². The number of alkyl carbamates (subject to hydrolysis) is 1. The Labute approximate surface area is 123 Å². The van der Waals surface area contributed by atoms with Crippen molar-refractivity contribution in [3.63, 3.8) is 0 Å². The third-order valence-electron chi connectivity index (χ3n) is 2.11. The molecule has 0 aliphatic carbocycles. The highest BCUT2D eigenvalue weighted by Crippen LogP contribution is 2.29. The lowest BCUT2D eigenvalue weighted by Gasteiger charge is -2.19. The third kappa shape index (κ3) is 6.15. The fourth-order valence-electron chi connectivity index (χ4n) is 1.42. The molecule has 0 spiro atoms. The molecule has 1 N–H and O–H groups in total. The predicted molar refractivity (Wildman–Crippen MR) is 66.1 cm³/mol. The van der Waals surface area contributed by atoms with E-state index in [4.69, 9.17) is 4.74 Å². The van der Waals surface area contributed by atoms with Gasteiger partial charge in [-0.2, -0.15) is 0 Å². The number of rotatable bonds is 3. The summed E-state index contributed by atoms with van der Waals surface area (Å²) in [4.78, 5) is 11.4. The van der Waals surface area contributed by atoms with Crippen LogP contribution in [0.4, 0.5) is 26.7 Å². The molecule has 0 atom stereocenters. The Kier molecular flexibility index (Phi) is 5.21. The molecule has 0 aliphatic heterocycles. The van der Waals surface area contributed by atoms with Gasteiger partial charge in [-0.3, -0.25) is 0 Å². The lowest BCUT2D eigenvalue weighted by atomic mass is 10.2. The van der Waals surface area contributed by atoms with E-state index in [1.807, 2.05) is 0 Å². The monoisotopic (exact) mass is 327 g/mol. The zero-order chi connectivity index (χ0) is 17.1. The van der Waals surface area contributed by atoms with Gasteiger partial charge in [-0.15, -0.1) is 13.2 Å². The second-order valence-electron chi connectivity index (χ2n) is 5.29. The number of hydrogen-bond donors (Lipinski definition) is 1. The van der Waals surface area contributed by atoms with Gasteiger partial charge in [-0.05, 0) is 38.5 Å². The standard InChI is InChI=1S/C13H14F5NO3/c1-12(2,3)22-11(20)19-6-7-4-8(14)10(9(15)5-7)21-13(16,17)18/h4-5H,6H2,1-3H3,(H,19,20). The van der Waals surface area contributed by atoms with Crippen LogP contribution in [0.2, 0.25) is 0 Å². The fourth-order valence-corrected chi connectivity index (χ4v) is 1.42. The van der Waals surface area contributed by atoms with Gasteiger partial charge in [0, 0.05) is 6.54 Å². The Morgan fingerprint density at radius 1 is 1.14 bits per heavy atom. The van der Waals surface area contributed by atoms with Crippen LogP contribution in [0.15, 0.2) is 12.1 Å². The Balaban J connectivity index is 2.77. The van der Waals surface area contributed by atoms with Crippen molar-refractivity contribution in [2.45, 2.75) is 39.3 Å². The quantitative estimate of drug-likeness (QED) is 0.857. The first-order valence-electron chi connectivity index (χ1n) is 6.08. The average molecular weight is 327 g/mol. The summed E-state index contributed by atoms with van der Waals surface area (Å²) in [6, 6.07) is 1.25. The zero-order valence-corrected chi connectivity index (χ0v) is 12.0. The molecule has 124 valence electrons. The predicted octanol–water partition coefficient (Wildman–Crippen LogP) is 3.89. The molecule has 0 bridgehead atoms. The maximum atomic E-state index is 13.4. The van der Waals surface area contributed by atoms with Crippen molar-refractivity contribution < 1.29 is 36.2 Å². The third-order valence-corrected chi connectivity index (χ3v) is 2.11. The minimum atomic E-state index is -5.21. The van der Waals surface area contributed by atoms with Crippen LogP contribution in [-0.4, -0.2) is 18.1 Å². The van der Waals surface area contributed by atoms with E-state index in [9.17, 15) is 26.7 Å². The molecule has 4 nitrogen and oxygen atoms in total. The number of halogens is 5. The maximum Gasteiger partial charge on any atom is 0.573 e. The highest BCUT2D eigenvalue weighted by molar-refractivity contribution is 5.67. The van der Waals surface area contributed by atoms with Gasteiger partial charge in [0.05, 0.1) is 0 Å². The van der Waals surface area contributed by atoms with E-state index in [0.717, 1.165) is 0 Å². The van der Waals surface area contributed by atoms with E-state index < -0.39 is 35.4 Å². The van der Waals surface area contributed by atoms with E-state index in [2.05, 4.69) is 10.1 Å². The summed E-state index contributed by atoms with van der Waals surface area (Å²) in [5.41, 5.74) is -0.847. The second-order valence-corrected chi connectivity index (χ2v) is 5.29. The number of nitrogens with one attached hydrogen (secondary N) is 1. The normalized spacial score (nSPS) is 12.0. The Hall–Kier alpha value is -2.06. The topological polar surface area (TPSA) is 47.6 Å². The number of hydrogen-bond acceptors (Lipinski definition) is 3. The molecule has 0 saturated carbocycles. The number of alkyl halides is 3. The van der Waals surface area contributed by atoms with E-state index in [1.165, 1.54) is 0 Å². The summed E-state index contributed by atoms with van der Waals surface area (Å²) in [6.07, 6.45) is -6.04. The molecule has 0 aliphatic rings. The lowest BCUT2D eigenvalue weighted by Crippen LogP contribution is -2.32. The van der Waals surface area contributed by atoms with Crippen molar-refractivity contribution in [2.75, 3.05) is 0 Å². The minimum Gasteiger partial charge on any atom is -0.444 e. The number of benzene rings is 1. The number of amides is 1. The molecule has 0 radical (unpaired) electrons. The van der Waals surface area contributed by atoms with Crippen LogP contribution in [0.5, 0.6) is 5.75 Å². The van der Waals surface area contributed by atoms with Gasteiger partial charge < -0.3 is 14.8 Å². The van der Waals surface area contributed by atoms with Gasteiger partial charge in [0.2, 0.25) is 5.75 Å². The first-order chi connectivity index (χ1) is 9.87. The Morgan fingerprint density at radius 3 is 2.05 bits per heavy atom. The fraction of sp³-hybridized carbons (Fsp3) is 0.462. The van der Waals surface area contributed by atoms with Crippen molar-refractivity contribution in [1.29, 1.82) is 0 Å². The average Bonchev–Trinajstić information content (AvgIpc) is 2.28. The molecule has 1 aromatic carbocycles. The van der Waals surface area contributed by atoms with Crippen molar-refractivity contribution in [2.24, 2.45) is 0 Å². The van der Waals surface area contributed by atoms with Crippen LogP contribution in [-0.2, 0) is 11.3 Å². The molecule has 22 heavy (non-hydrogen) atoms. The number of carbonyl (C=O) groups excluding carboxylic acids is 1. The molecule has 0 aromatic heterocycles. The first-order valence-corrected chi connectivity index (χ1v) is 6.08. The molecular weight excluding hydrogens is 313 g/mol. The molecule has 0 unspecified atom stereocenters. The first kappa shape index (κ1) is 18.0. The van der Waals surface area contributed by atoms with Gasteiger partial charge in [-0.25, -0.2) is 13.6 Å². The number of carbonyl (C=O) groups is 1. The van der Waals surface area contributed by atoms with E-state index in [-0.39, 0.29) is 12.1 Å². The molecule has 1 rings (SSSR count). The Bertz CT molecular complexity index is 529. The smallest absolute Gasteiger partial charge is 0.444 e. The summed E-state index contributed by atoms with van der Waals surface area (Å²) in [5.74, 6) is -4.61. The highest BCUT2D eigenvalue weighted by Gasteiger charge is 2.34. The molecule has 0 saturated heterocycles. The van der Waals surface area contributed by atoms with Gasteiger partial charge in [0.15, 0.2) is 11.6 Å². The SMILES string of the molecule is CC(C)(C)OC(=O)NCc1cc(F)c(OC(F)(F)F)c(F)c1. The zero-order valence-electron chi connectivity index (χ0n) is 12.0. The molecular formula is C13H14F5NO3. The second kappa shape index (κ2) is 6.37. The van der Waals surface area contributed by atoms with Crippen LogP contribution in [0.1, 0.15) is 26.3 Å². The van der Waals surface area contributed by atoms with Crippen molar-refractivity contribution in [3.05, 3.63) is 29.3 Å². The van der Waals surface area contributed by atoms with E-state index >= 15 is 0 Å². The van der Waals surface area contributed by atoms with Crippen LogP contribution in [0.25, 0.3) is 0 Å². The van der Waals surface area contributed by atoms with Crippen LogP contribution < -0.4 is 10.1 Å². The van der Waals surface area contributed by atoms with Gasteiger partial charge in [-0.1, -0.05) is 0 Å². The molecule has 0 heterocycles. The summed E-state index contributed by atoms with van der Waals surface area (Å²) in [7, 11) is 0. The molecule has 1 aromatic rings. The molecule has 0 fully saturated rings. The highest BCUT2D eigenvalue weighted by atomic mass is 19.4. The molecule has 1 amide bonds. The summed E-state index contributed by atoms with van der Waals surface area (Å²) in [6.45, 7) is 4.54. The van der Waals surface area contributed by atoms with Gasteiger partial charge in [0.1, 0.15) is 5.60 Å². The summed E-state index contributed by atoms with van der Waals surface area (Å²) >= 11 is 0. The Morgan fingerprint density at radius 2 is 1.64 bits per heavy atom. The van der Waals surface area contributed by atoms with Crippen LogP contribution in [0.3, 0.4) is 0 Å². The van der Waals surface area contributed by atoms with Gasteiger partial charge in [0.25, 0.3) is 0 Å².